The first-order chi connectivity index (χ1) is 8.29. The molecule has 1 heterocycles. The molecule has 3 rings (SSSR count). The van der Waals surface area contributed by atoms with Crippen LogP contribution in [0.25, 0.3) is 0 Å². The van der Waals surface area contributed by atoms with Crippen molar-refractivity contribution in [2.24, 2.45) is 17.8 Å². The van der Waals surface area contributed by atoms with E-state index in [2.05, 4.69) is 11.2 Å². The Balaban J connectivity index is 1.66. The molecule has 0 spiro atoms. The third-order valence-electron chi connectivity index (χ3n) is 4.71. The second kappa shape index (κ2) is 5.04. The minimum Gasteiger partial charge on any atom is -0.342 e. The Morgan fingerprint density at radius 3 is 2.59 bits per heavy atom. The van der Waals surface area contributed by atoms with Crippen LogP contribution in [0, 0.1) is 17.8 Å². The standard InChI is InChI=1S/C13H21NOS2/c1-16-17-12-8-9-6-10(12)11(7-9)13(15)14-4-2-3-5-14/h9-12H,2-8H2,1H3/t9?,10?,11-,12-/m1/s1. The minimum atomic E-state index is 0.372. The molecule has 3 aliphatic rings. The Morgan fingerprint density at radius 2 is 1.94 bits per heavy atom. The van der Waals surface area contributed by atoms with Gasteiger partial charge in [-0.25, -0.2) is 0 Å². The van der Waals surface area contributed by atoms with Crippen LogP contribution in [0.5, 0.6) is 0 Å². The molecule has 1 saturated heterocycles. The lowest BCUT2D eigenvalue weighted by atomic mass is 9.87. The van der Waals surface area contributed by atoms with Gasteiger partial charge in [-0.05, 0) is 50.2 Å². The van der Waals surface area contributed by atoms with Gasteiger partial charge in [-0.15, -0.1) is 0 Å². The number of likely N-dealkylation sites (tertiary alicyclic amines) is 1. The first-order valence-electron chi connectivity index (χ1n) is 6.78. The van der Waals surface area contributed by atoms with Crippen LogP contribution < -0.4 is 0 Å². The molecular weight excluding hydrogens is 250 g/mol. The molecule has 0 radical (unpaired) electrons. The number of carbonyl (C=O) groups is 1. The van der Waals surface area contributed by atoms with Crippen molar-refractivity contribution >= 4 is 27.5 Å². The van der Waals surface area contributed by atoms with Crippen LogP contribution in [0.4, 0.5) is 0 Å². The summed E-state index contributed by atoms with van der Waals surface area (Å²) in [5.41, 5.74) is 0. The highest BCUT2D eigenvalue weighted by molar-refractivity contribution is 8.76. The highest BCUT2D eigenvalue weighted by atomic mass is 33.1. The van der Waals surface area contributed by atoms with E-state index in [-0.39, 0.29) is 0 Å². The molecule has 0 aromatic rings. The summed E-state index contributed by atoms with van der Waals surface area (Å²) in [6.07, 6.45) is 8.47. The van der Waals surface area contributed by atoms with Crippen molar-refractivity contribution in [1.82, 2.24) is 4.90 Å². The fourth-order valence-electron chi connectivity index (χ4n) is 3.98. The van der Waals surface area contributed by atoms with Gasteiger partial charge >= 0.3 is 0 Å². The second-order valence-electron chi connectivity index (χ2n) is 5.68. The largest absolute Gasteiger partial charge is 0.342 e. The number of fused-ring (bicyclic) bond motifs is 2. The van der Waals surface area contributed by atoms with E-state index in [1.54, 1.807) is 0 Å². The molecule has 4 heteroatoms. The maximum Gasteiger partial charge on any atom is 0.226 e. The molecule has 1 aliphatic heterocycles. The first kappa shape index (κ1) is 12.2. The second-order valence-corrected chi connectivity index (χ2v) is 8.39. The zero-order chi connectivity index (χ0) is 11.8. The Labute approximate surface area is 112 Å². The summed E-state index contributed by atoms with van der Waals surface area (Å²) >= 11 is 0. The van der Waals surface area contributed by atoms with Crippen LogP contribution in [0.1, 0.15) is 32.1 Å². The molecule has 2 unspecified atom stereocenters. The maximum atomic E-state index is 12.5. The van der Waals surface area contributed by atoms with Gasteiger partial charge in [-0.2, -0.15) is 0 Å². The van der Waals surface area contributed by atoms with Crippen molar-refractivity contribution in [2.45, 2.75) is 37.4 Å². The van der Waals surface area contributed by atoms with E-state index in [0.717, 1.165) is 24.3 Å². The molecule has 0 aromatic carbocycles. The van der Waals surface area contributed by atoms with E-state index >= 15 is 0 Å². The molecule has 1 amide bonds. The molecule has 2 bridgehead atoms. The van der Waals surface area contributed by atoms with E-state index in [9.17, 15) is 4.79 Å². The maximum absolute atomic E-state index is 12.5. The van der Waals surface area contributed by atoms with Crippen LogP contribution in [-0.4, -0.2) is 35.4 Å². The van der Waals surface area contributed by atoms with Gasteiger partial charge in [0, 0.05) is 24.3 Å². The van der Waals surface area contributed by atoms with E-state index in [4.69, 9.17) is 0 Å². The summed E-state index contributed by atoms with van der Waals surface area (Å²) in [5.74, 6) is 2.39. The van der Waals surface area contributed by atoms with E-state index in [1.807, 2.05) is 21.6 Å². The molecule has 17 heavy (non-hydrogen) atoms. The van der Waals surface area contributed by atoms with Crippen LogP contribution in [0.2, 0.25) is 0 Å². The van der Waals surface area contributed by atoms with Crippen molar-refractivity contribution in [2.75, 3.05) is 19.3 Å². The van der Waals surface area contributed by atoms with Gasteiger partial charge in [-0.1, -0.05) is 21.6 Å². The molecule has 2 saturated carbocycles. The van der Waals surface area contributed by atoms with Crippen LogP contribution in [0.15, 0.2) is 0 Å². The van der Waals surface area contributed by atoms with Gasteiger partial charge in [-0.3, -0.25) is 4.79 Å². The minimum absolute atomic E-state index is 0.372. The van der Waals surface area contributed by atoms with Gasteiger partial charge in [0.25, 0.3) is 0 Å². The third-order valence-corrected chi connectivity index (χ3v) is 7.01. The predicted molar refractivity (Wildman–Crippen MR) is 75.0 cm³/mol. The van der Waals surface area contributed by atoms with Crippen molar-refractivity contribution in [3.8, 4) is 0 Å². The number of rotatable bonds is 3. The number of carbonyl (C=O) groups excluding carboxylic acids is 1. The third kappa shape index (κ3) is 2.23. The smallest absolute Gasteiger partial charge is 0.226 e. The Bertz CT molecular complexity index is 304. The average Bonchev–Trinajstić information content (AvgIpc) is 3.04. The Kier molecular flexibility index (Phi) is 3.62. The molecule has 3 fully saturated rings. The summed E-state index contributed by atoms with van der Waals surface area (Å²) in [7, 11) is 3.89. The highest BCUT2D eigenvalue weighted by Gasteiger charge is 2.50. The van der Waals surface area contributed by atoms with Crippen molar-refractivity contribution in [1.29, 1.82) is 0 Å². The fraction of sp³-hybridized carbons (Fsp3) is 0.923. The molecule has 2 aliphatic carbocycles. The molecule has 2 nitrogen and oxygen atoms in total. The molecule has 96 valence electrons. The monoisotopic (exact) mass is 271 g/mol. The predicted octanol–water partition coefficient (Wildman–Crippen LogP) is 3.03. The zero-order valence-electron chi connectivity index (χ0n) is 10.4. The van der Waals surface area contributed by atoms with Gasteiger partial charge in [0.05, 0.1) is 0 Å². The highest BCUT2D eigenvalue weighted by Crippen LogP contribution is 2.55. The molecular formula is C13H21NOS2. The summed E-state index contributed by atoms with van der Waals surface area (Å²) in [6, 6.07) is 0. The normalized spacial score (nSPS) is 40.2. The zero-order valence-corrected chi connectivity index (χ0v) is 12.1. The number of hydrogen-bond acceptors (Lipinski definition) is 3. The average molecular weight is 271 g/mol. The van der Waals surface area contributed by atoms with Gasteiger partial charge in [0.2, 0.25) is 5.91 Å². The lowest BCUT2D eigenvalue weighted by molar-refractivity contribution is -0.136. The molecule has 4 atom stereocenters. The number of hydrogen-bond donors (Lipinski definition) is 0. The van der Waals surface area contributed by atoms with E-state index < -0.39 is 0 Å². The Morgan fingerprint density at radius 1 is 1.18 bits per heavy atom. The summed E-state index contributed by atoms with van der Waals surface area (Å²) in [6.45, 7) is 2.04. The van der Waals surface area contributed by atoms with Crippen LogP contribution >= 0.6 is 21.6 Å². The van der Waals surface area contributed by atoms with Crippen molar-refractivity contribution < 1.29 is 4.79 Å². The first-order valence-corrected chi connectivity index (χ1v) is 9.40. The summed E-state index contributed by atoms with van der Waals surface area (Å²) in [4.78, 5) is 14.6. The molecule has 0 aromatic heterocycles. The van der Waals surface area contributed by atoms with Crippen LogP contribution in [0.3, 0.4) is 0 Å². The van der Waals surface area contributed by atoms with Crippen LogP contribution in [-0.2, 0) is 4.79 Å². The number of amides is 1. The topological polar surface area (TPSA) is 20.3 Å². The van der Waals surface area contributed by atoms with Gasteiger partial charge in [0.15, 0.2) is 0 Å². The van der Waals surface area contributed by atoms with Gasteiger partial charge < -0.3 is 4.90 Å². The Hall–Kier alpha value is 0.170. The van der Waals surface area contributed by atoms with Crippen molar-refractivity contribution in [3.05, 3.63) is 0 Å². The lowest BCUT2D eigenvalue weighted by Gasteiger charge is -2.30. The summed E-state index contributed by atoms with van der Waals surface area (Å²) in [5, 5.41) is 0.750. The molecule has 0 N–H and O–H groups in total. The van der Waals surface area contributed by atoms with E-state index in [1.165, 1.54) is 32.1 Å². The summed E-state index contributed by atoms with van der Waals surface area (Å²) < 4.78 is 0. The van der Waals surface area contributed by atoms with Gasteiger partial charge in [0.1, 0.15) is 0 Å². The lowest BCUT2D eigenvalue weighted by Crippen LogP contribution is -2.38. The van der Waals surface area contributed by atoms with E-state index in [0.29, 0.717) is 17.7 Å². The van der Waals surface area contributed by atoms with Crippen molar-refractivity contribution in [3.63, 3.8) is 0 Å². The number of nitrogens with zero attached hydrogens (tertiary/aromatic N) is 1. The quantitative estimate of drug-likeness (QED) is 0.736. The SMILES string of the molecule is CSS[C@@H]1CC2CC1[C@H](C(=O)N1CCCC1)C2. The fourth-order valence-corrected chi connectivity index (χ4v) is 6.42.